The van der Waals surface area contributed by atoms with Gasteiger partial charge in [0.2, 0.25) is 0 Å². The van der Waals surface area contributed by atoms with Crippen LogP contribution < -0.4 is 5.43 Å². The monoisotopic (exact) mass is 436 g/mol. The van der Waals surface area contributed by atoms with Crippen molar-refractivity contribution >= 4 is 44.0 Å². The number of aromatic amines is 1. The number of furan rings is 1. The van der Waals surface area contributed by atoms with E-state index in [2.05, 4.69) is 52.6 Å². The van der Waals surface area contributed by atoms with Crippen LogP contribution in [0.1, 0.15) is 16.2 Å². The summed E-state index contributed by atoms with van der Waals surface area (Å²) in [6.45, 7) is 0. The first kappa shape index (κ1) is 15.7. The maximum Gasteiger partial charge on any atom is 0.289 e. The lowest BCUT2D eigenvalue weighted by Crippen LogP contribution is -2.17. The minimum absolute atomic E-state index is 0.322. The normalized spacial score (nSPS) is 11.0. The van der Waals surface area contributed by atoms with Crippen LogP contribution in [0.5, 0.6) is 0 Å². The topological polar surface area (TPSA) is 83.3 Å². The molecule has 3 rings (SSSR count). The molecule has 6 nitrogen and oxygen atoms in total. The van der Waals surface area contributed by atoms with Crippen molar-refractivity contribution < 1.29 is 9.21 Å². The summed E-state index contributed by atoms with van der Waals surface area (Å²) in [4.78, 5) is 12.0. The van der Waals surface area contributed by atoms with Gasteiger partial charge in [0.05, 0.1) is 16.4 Å². The van der Waals surface area contributed by atoms with Gasteiger partial charge in [-0.25, -0.2) is 5.43 Å². The van der Waals surface area contributed by atoms with Crippen LogP contribution in [0.15, 0.2) is 61.1 Å². The molecule has 0 radical (unpaired) electrons. The smallest absolute Gasteiger partial charge is 0.289 e. The van der Waals surface area contributed by atoms with E-state index < -0.39 is 0 Å². The number of rotatable bonds is 4. The van der Waals surface area contributed by atoms with Gasteiger partial charge in [-0.05, 0) is 37.9 Å². The molecule has 2 N–H and O–H groups in total. The molecule has 0 aliphatic rings. The zero-order chi connectivity index (χ0) is 16.2. The molecule has 23 heavy (non-hydrogen) atoms. The molecule has 1 aromatic carbocycles. The summed E-state index contributed by atoms with van der Waals surface area (Å²) in [5.41, 5.74) is 4.35. The molecule has 0 atom stereocenters. The van der Waals surface area contributed by atoms with Gasteiger partial charge in [0, 0.05) is 11.6 Å². The summed E-state index contributed by atoms with van der Waals surface area (Å²) >= 11 is 6.52. The molecule has 0 spiro atoms. The average molecular weight is 438 g/mol. The molecule has 0 saturated heterocycles. The summed E-state index contributed by atoms with van der Waals surface area (Å²) in [6.07, 6.45) is 1.40. The highest BCUT2D eigenvalue weighted by molar-refractivity contribution is 9.13. The number of benzene rings is 1. The van der Waals surface area contributed by atoms with Crippen LogP contribution in [0.25, 0.3) is 11.3 Å². The lowest BCUT2D eigenvalue weighted by molar-refractivity contribution is 0.0950. The fourth-order valence-electron chi connectivity index (χ4n) is 1.84. The summed E-state index contributed by atoms with van der Waals surface area (Å²) in [5.74, 6) is 0.110. The number of carbonyl (C=O) groups excluding carboxylic acids is 1. The second kappa shape index (κ2) is 6.93. The first-order valence-electron chi connectivity index (χ1n) is 6.52. The Morgan fingerprint density at radius 2 is 2.04 bits per heavy atom. The summed E-state index contributed by atoms with van der Waals surface area (Å²) in [6, 6.07) is 13.0. The van der Waals surface area contributed by atoms with E-state index >= 15 is 0 Å². The van der Waals surface area contributed by atoms with Gasteiger partial charge in [-0.2, -0.15) is 10.2 Å². The first-order chi connectivity index (χ1) is 11.1. The number of aromatic nitrogens is 2. The number of carbonyl (C=O) groups is 1. The van der Waals surface area contributed by atoms with E-state index in [-0.39, 0.29) is 5.91 Å². The largest absolute Gasteiger partial charge is 0.447 e. The van der Waals surface area contributed by atoms with Gasteiger partial charge in [0.25, 0.3) is 5.91 Å². The highest BCUT2D eigenvalue weighted by Gasteiger charge is 2.10. The van der Waals surface area contributed by atoms with Crippen LogP contribution in [-0.4, -0.2) is 22.3 Å². The SMILES string of the molecule is O=C(NN=Cc1cc(Br)c(Br)o1)c1cc(-c2ccccc2)n[nH]1. The third-order valence-corrected chi connectivity index (χ3v) is 4.62. The van der Waals surface area contributed by atoms with Gasteiger partial charge in [-0.3, -0.25) is 9.89 Å². The Morgan fingerprint density at radius 1 is 1.26 bits per heavy atom. The van der Waals surface area contributed by atoms with Crippen molar-refractivity contribution in [2.75, 3.05) is 0 Å². The third kappa shape index (κ3) is 3.77. The van der Waals surface area contributed by atoms with E-state index in [1.165, 1.54) is 6.21 Å². The molecule has 1 amide bonds. The van der Waals surface area contributed by atoms with E-state index in [0.29, 0.717) is 21.8 Å². The zero-order valence-corrected chi connectivity index (χ0v) is 14.8. The molecule has 0 bridgehead atoms. The molecule has 3 aromatic rings. The maximum absolute atomic E-state index is 12.0. The zero-order valence-electron chi connectivity index (χ0n) is 11.6. The number of halogens is 2. The van der Waals surface area contributed by atoms with Crippen LogP contribution in [0.4, 0.5) is 0 Å². The maximum atomic E-state index is 12.0. The minimum Gasteiger partial charge on any atom is -0.447 e. The van der Waals surface area contributed by atoms with Crippen molar-refractivity contribution in [3.63, 3.8) is 0 Å². The van der Waals surface area contributed by atoms with Crippen molar-refractivity contribution in [2.45, 2.75) is 0 Å². The van der Waals surface area contributed by atoms with Crippen LogP contribution in [0, 0.1) is 0 Å². The van der Waals surface area contributed by atoms with E-state index in [0.717, 1.165) is 10.0 Å². The molecule has 8 heteroatoms. The van der Waals surface area contributed by atoms with Gasteiger partial charge >= 0.3 is 0 Å². The van der Waals surface area contributed by atoms with E-state index in [1.807, 2.05) is 30.3 Å². The number of nitrogens with one attached hydrogen (secondary N) is 2. The number of nitrogens with zero attached hydrogens (tertiary/aromatic N) is 2. The molecular formula is C15H10Br2N4O2. The molecule has 0 aliphatic carbocycles. The first-order valence-corrected chi connectivity index (χ1v) is 8.11. The van der Waals surface area contributed by atoms with Crippen molar-refractivity contribution in [3.05, 3.63) is 63.1 Å². The number of hydrazone groups is 1. The van der Waals surface area contributed by atoms with Gasteiger partial charge in [-0.1, -0.05) is 30.3 Å². The molecule has 2 aromatic heterocycles. The molecule has 0 fully saturated rings. The van der Waals surface area contributed by atoms with Gasteiger partial charge in [0.1, 0.15) is 11.5 Å². The van der Waals surface area contributed by atoms with Crippen LogP contribution in [0.3, 0.4) is 0 Å². The average Bonchev–Trinajstić information content (AvgIpc) is 3.16. The second-order valence-electron chi connectivity index (χ2n) is 4.50. The van der Waals surface area contributed by atoms with Crippen LogP contribution >= 0.6 is 31.9 Å². The Bertz CT molecular complexity index is 836. The minimum atomic E-state index is -0.388. The van der Waals surface area contributed by atoms with E-state index in [9.17, 15) is 4.79 Å². The second-order valence-corrected chi connectivity index (χ2v) is 6.08. The fraction of sp³-hybridized carbons (Fsp3) is 0. The Balaban J connectivity index is 1.66. The van der Waals surface area contributed by atoms with Crippen molar-refractivity contribution in [1.29, 1.82) is 0 Å². The molecule has 2 heterocycles. The molecular weight excluding hydrogens is 428 g/mol. The fourth-order valence-corrected chi connectivity index (χ4v) is 2.44. The van der Waals surface area contributed by atoms with Crippen molar-refractivity contribution in [1.82, 2.24) is 15.6 Å². The molecule has 0 aliphatic heterocycles. The Labute approximate surface area is 148 Å². The number of H-pyrrole nitrogens is 1. The summed E-state index contributed by atoms with van der Waals surface area (Å²) in [5, 5.41) is 10.7. The predicted molar refractivity (Wildman–Crippen MR) is 93.2 cm³/mol. The Hall–Kier alpha value is -2.19. The lowest BCUT2D eigenvalue weighted by atomic mass is 10.1. The van der Waals surface area contributed by atoms with Crippen molar-refractivity contribution in [3.8, 4) is 11.3 Å². The van der Waals surface area contributed by atoms with E-state index in [1.54, 1.807) is 12.1 Å². The van der Waals surface area contributed by atoms with Crippen molar-refractivity contribution in [2.24, 2.45) is 5.10 Å². The quantitative estimate of drug-likeness (QED) is 0.478. The number of amides is 1. The van der Waals surface area contributed by atoms with Gasteiger partial charge in [0.15, 0.2) is 4.67 Å². The standard InChI is InChI=1S/C15H10Br2N4O2/c16-11-6-10(23-14(11)17)8-18-21-15(22)13-7-12(19-20-13)9-4-2-1-3-5-9/h1-8H,(H,19,20)(H,21,22). The number of hydrogen-bond acceptors (Lipinski definition) is 4. The van der Waals surface area contributed by atoms with E-state index in [4.69, 9.17) is 4.42 Å². The van der Waals surface area contributed by atoms with Gasteiger partial charge < -0.3 is 4.42 Å². The number of hydrogen-bond donors (Lipinski definition) is 2. The van der Waals surface area contributed by atoms with Gasteiger partial charge in [-0.15, -0.1) is 0 Å². The highest BCUT2D eigenvalue weighted by atomic mass is 79.9. The van der Waals surface area contributed by atoms with Crippen LogP contribution in [-0.2, 0) is 0 Å². The predicted octanol–water partition coefficient (Wildman–Crippen LogP) is 3.96. The Kier molecular flexibility index (Phi) is 4.73. The lowest BCUT2D eigenvalue weighted by Gasteiger charge is -1.94. The Morgan fingerprint density at radius 3 is 2.74 bits per heavy atom. The summed E-state index contributed by atoms with van der Waals surface area (Å²) < 4.78 is 6.64. The third-order valence-electron chi connectivity index (χ3n) is 2.91. The molecule has 116 valence electrons. The molecule has 0 saturated carbocycles. The molecule has 0 unspecified atom stereocenters. The summed E-state index contributed by atoms with van der Waals surface area (Å²) in [7, 11) is 0. The van der Waals surface area contributed by atoms with Crippen LogP contribution in [0.2, 0.25) is 0 Å². The highest BCUT2D eigenvalue weighted by Crippen LogP contribution is 2.25.